The van der Waals surface area contributed by atoms with Gasteiger partial charge in [0.2, 0.25) is 0 Å². The second-order valence-corrected chi connectivity index (χ2v) is 11.9. The maximum absolute atomic E-state index is 8.56. The molecule has 0 atom stereocenters. The van der Waals surface area contributed by atoms with Gasteiger partial charge >= 0.3 is 0 Å². The molecule has 0 unspecified atom stereocenters. The van der Waals surface area contributed by atoms with Gasteiger partial charge in [-0.3, -0.25) is 4.57 Å². The maximum atomic E-state index is 8.56. The molecular weight excluding hydrogens is 512 g/mol. The lowest BCUT2D eigenvalue weighted by molar-refractivity contribution is 0.666. The van der Waals surface area contributed by atoms with E-state index in [4.69, 9.17) is 13.5 Å². The van der Waals surface area contributed by atoms with E-state index in [0.29, 0.717) is 16.7 Å². The second-order valence-electron chi connectivity index (χ2n) is 11.9. The van der Waals surface area contributed by atoms with Crippen LogP contribution in [-0.2, 0) is 0 Å². The van der Waals surface area contributed by atoms with Gasteiger partial charge in [-0.05, 0) is 72.1 Å². The SMILES string of the molecule is [2H]C([2H])([2H])c1c(-c2ccccc2)ccc2c1oc1c(-c3nc4ccccc4n3-c3c(C(C)C)cc(C)cc3C(C)C)cccc12. The summed E-state index contributed by atoms with van der Waals surface area (Å²) in [6.07, 6.45) is 0. The normalized spacial score (nSPS) is 13.4. The minimum Gasteiger partial charge on any atom is -0.455 e. The van der Waals surface area contributed by atoms with Crippen molar-refractivity contribution in [2.24, 2.45) is 0 Å². The van der Waals surface area contributed by atoms with Crippen LogP contribution in [-0.4, -0.2) is 9.55 Å². The van der Waals surface area contributed by atoms with E-state index in [-0.39, 0.29) is 17.4 Å². The first-order chi connectivity index (χ1) is 21.5. The standard InChI is InChI=1S/C39H36N2O/c1-23(2)32-21-25(5)22-33(24(3)4)36(32)41-35-18-11-10-17-34(35)40-39(41)31-16-12-15-29-30-20-19-28(27-13-8-7-9-14-27)26(6)37(30)42-38(29)31/h7-24H,1-6H3/i6D3. The van der Waals surface area contributed by atoms with Crippen LogP contribution in [0.1, 0.15) is 65.9 Å². The van der Waals surface area contributed by atoms with Crippen LogP contribution in [0.25, 0.3) is 61.2 Å². The second kappa shape index (κ2) is 10.0. The van der Waals surface area contributed by atoms with Gasteiger partial charge in [-0.15, -0.1) is 0 Å². The Morgan fingerprint density at radius 1 is 0.714 bits per heavy atom. The number of aryl methyl sites for hydroxylation is 2. The first-order valence-corrected chi connectivity index (χ1v) is 14.7. The summed E-state index contributed by atoms with van der Waals surface area (Å²) in [6.45, 7) is 8.73. The van der Waals surface area contributed by atoms with Gasteiger partial charge in [-0.1, -0.05) is 106 Å². The van der Waals surface area contributed by atoms with Crippen molar-refractivity contribution in [1.82, 2.24) is 9.55 Å². The molecule has 208 valence electrons. The van der Waals surface area contributed by atoms with Crippen LogP contribution in [0.3, 0.4) is 0 Å². The molecule has 2 heterocycles. The Kier molecular flexibility index (Phi) is 5.49. The molecule has 7 rings (SSSR count). The summed E-state index contributed by atoms with van der Waals surface area (Å²) in [5.41, 5.74) is 10.4. The van der Waals surface area contributed by atoms with E-state index in [2.05, 4.69) is 63.5 Å². The zero-order valence-electron chi connectivity index (χ0n) is 27.7. The number of furan rings is 1. The monoisotopic (exact) mass is 551 g/mol. The Morgan fingerprint density at radius 2 is 1.40 bits per heavy atom. The van der Waals surface area contributed by atoms with Crippen LogP contribution in [0.4, 0.5) is 0 Å². The number of hydrogen-bond donors (Lipinski definition) is 0. The fourth-order valence-corrected chi connectivity index (χ4v) is 6.30. The molecule has 5 aromatic carbocycles. The number of nitrogens with zero attached hydrogens (tertiary/aromatic N) is 2. The lowest BCUT2D eigenvalue weighted by Gasteiger charge is -2.23. The molecule has 3 nitrogen and oxygen atoms in total. The van der Waals surface area contributed by atoms with Gasteiger partial charge in [0.1, 0.15) is 17.0 Å². The fourth-order valence-electron chi connectivity index (χ4n) is 6.30. The van der Waals surface area contributed by atoms with Crippen molar-refractivity contribution in [2.75, 3.05) is 0 Å². The average molecular weight is 552 g/mol. The minimum absolute atomic E-state index is 0.226. The van der Waals surface area contributed by atoms with Crippen LogP contribution < -0.4 is 0 Å². The van der Waals surface area contributed by atoms with Crippen LogP contribution in [0.2, 0.25) is 0 Å². The summed E-state index contributed by atoms with van der Waals surface area (Å²) in [7, 11) is 0. The van der Waals surface area contributed by atoms with E-state index in [0.717, 1.165) is 44.4 Å². The number of fused-ring (bicyclic) bond motifs is 4. The zero-order valence-corrected chi connectivity index (χ0v) is 24.7. The first kappa shape index (κ1) is 23.0. The molecule has 0 saturated heterocycles. The Morgan fingerprint density at radius 3 is 2.12 bits per heavy atom. The highest BCUT2D eigenvalue weighted by Gasteiger charge is 2.25. The van der Waals surface area contributed by atoms with Crippen molar-refractivity contribution < 1.29 is 8.53 Å². The third-order valence-corrected chi connectivity index (χ3v) is 8.33. The van der Waals surface area contributed by atoms with Crippen LogP contribution in [0.5, 0.6) is 0 Å². The summed E-state index contributed by atoms with van der Waals surface area (Å²) in [6, 6.07) is 32.4. The zero-order chi connectivity index (χ0) is 31.6. The van der Waals surface area contributed by atoms with E-state index in [1.54, 1.807) is 0 Å². The lowest BCUT2D eigenvalue weighted by atomic mass is 9.90. The number of imidazole rings is 1. The van der Waals surface area contributed by atoms with Gasteiger partial charge in [-0.25, -0.2) is 4.98 Å². The number of aromatic nitrogens is 2. The predicted molar refractivity (Wildman–Crippen MR) is 177 cm³/mol. The smallest absolute Gasteiger partial charge is 0.149 e. The van der Waals surface area contributed by atoms with E-state index in [1.807, 2.05) is 72.8 Å². The summed E-state index contributed by atoms with van der Waals surface area (Å²) in [4.78, 5) is 5.23. The number of rotatable bonds is 5. The first-order valence-electron chi connectivity index (χ1n) is 16.2. The van der Waals surface area contributed by atoms with E-state index in [1.165, 1.54) is 16.7 Å². The van der Waals surface area contributed by atoms with Crippen molar-refractivity contribution in [3.63, 3.8) is 0 Å². The highest BCUT2D eigenvalue weighted by molar-refractivity contribution is 6.11. The van der Waals surface area contributed by atoms with Gasteiger partial charge in [0.15, 0.2) is 0 Å². The Hall–Kier alpha value is -4.63. The summed E-state index contributed by atoms with van der Waals surface area (Å²) >= 11 is 0. The van der Waals surface area contributed by atoms with E-state index >= 15 is 0 Å². The Balaban J connectivity index is 1.59. The summed E-state index contributed by atoms with van der Waals surface area (Å²) < 4.78 is 34.7. The molecular formula is C39H36N2O. The third-order valence-electron chi connectivity index (χ3n) is 8.33. The van der Waals surface area contributed by atoms with Gasteiger partial charge in [0, 0.05) is 20.4 Å². The molecule has 0 aliphatic carbocycles. The van der Waals surface area contributed by atoms with Crippen LogP contribution >= 0.6 is 0 Å². The van der Waals surface area contributed by atoms with Gasteiger partial charge < -0.3 is 4.42 Å². The van der Waals surface area contributed by atoms with E-state index < -0.39 is 6.85 Å². The third kappa shape index (κ3) is 4.07. The van der Waals surface area contributed by atoms with Crippen molar-refractivity contribution in [2.45, 2.75) is 53.3 Å². The van der Waals surface area contributed by atoms with Crippen molar-refractivity contribution >= 4 is 33.0 Å². The summed E-state index contributed by atoms with van der Waals surface area (Å²) in [5, 5.41) is 1.64. The molecule has 0 spiro atoms. The van der Waals surface area contributed by atoms with Crippen LogP contribution in [0.15, 0.2) is 101 Å². The molecule has 0 aliphatic heterocycles. The Labute approximate surface area is 251 Å². The molecule has 0 radical (unpaired) electrons. The van der Waals surface area contributed by atoms with E-state index in [9.17, 15) is 0 Å². The maximum Gasteiger partial charge on any atom is 0.149 e. The number of para-hydroxylation sites is 3. The minimum atomic E-state index is -2.38. The molecule has 42 heavy (non-hydrogen) atoms. The lowest BCUT2D eigenvalue weighted by Crippen LogP contribution is -2.09. The molecule has 0 N–H and O–H groups in total. The topological polar surface area (TPSA) is 31.0 Å². The van der Waals surface area contributed by atoms with Crippen LogP contribution in [0, 0.1) is 13.8 Å². The van der Waals surface area contributed by atoms with Crippen molar-refractivity contribution in [1.29, 1.82) is 0 Å². The average Bonchev–Trinajstić information content (AvgIpc) is 3.58. The van der Waals surface area contributed by atoms with Crippen molar-refractivity contribution in [3.8, 4) is 28.2 Å². The highest BCUT2D eigenvalue weighted by Crippen LogP contribution is 2.42. The molecule has 0 aliphatic rings. The molecule has 0 bridgehead atoms. The molecule has 0 saturated carbocycles. The fraction of sp³-hybridized carbons (Fsp3) is 0.205. The van der Waals surface area contributed by atoms with Gasteiger partial charge in [0.05, 0.1) is 22.3 Å². The van der Waals surface area contributed by atoms with Crippen molar-refractivity contribution in [3.05, 3.63) is 119 Å². The van der Waals surface area contributed by atoms with Gasteiger partial charge in [0.25, 0.3) is 0 Å². The molecule has 7 aromatic rings. The van der Waals surface area contributed by atoms with Gasteiger partial charge in [-0.2, -0.15) is 0 Å². The quantitative estimate of drug-likeness (QED) is 0.213. The number of hydrogen-bond acceptors (Lipinski definition) is 2. The molecule has 2 aromatic heterocycles. The molecule has 3 heteroatoms. The highest BCUT2D eigenvalue weighted by atomic mass is 16.3. The summed E-state index contributed by atoms with van der Waals surface area (Å²) in [5.74, 6) is 1.34. The predicted octanol–water partition coefficient (Wildman–Crippen LogP) is 11.1. The molecule has 0 fully saturated rings. The Bertz CT molecular complexity index is 2190. The number of benzene rings is 5. The largest absolute Gasteiger partial charge is 0.455 e. The molecule has 0 amide bonds.